The Kier molecular flexibility index (Phi) is 5.02. The summed E-state index contributed by atoms with van der Waals surface area (Å²) in [7, 11) is 0. The fourth-order valence-corrected chi connectivity index (χ4v) is 4.67. The molecule has 4 rings (SSSR count). The van der Waals surface area contributed by atoms with Crippen LogP contribution in [0, 0.1) is 11.8 Å². The van der Waals surface area contributed by atoms with E-state index in [0.29, 0.717) is 12.5 Å². The van der Waals surface area contributed by atoms with Crippen LogP contribution in [-0.4, -0.2) is 28.9 Å². The summed E-state index contributed by atoms with van der Waals surface area (Å²) in [5.74, 6) is 2.50. The highest BCUT2D eigenvalue weighted by Crippen LogP contribution is 2.36. The Morgan fingerprint density at radius 2 is 1.96 bits per heavy atom. The van der Waals surface area contributed by atoms with Crippen LogP contribution in [0.25, 0.3) is 0 Å². The molecule has 1 saturated carbocycles. The van der Waals surface area contributed by atoms with Crippen molar-refractivity contribution in [1.82, 2.24) is 9.88 Å². The number of carbonyl (C=O) groups is 1. The number of carbonyl (C=O) groups excluding carboxylic acids is 1. The van der Waals surface area contributed by atoms with Crippen molar-refractivity contribution in [3.63, 3.8) is 0 Å². The maximum atomic E-state index is 12.8. The van der Waals surface area contributed by atoms with Crippen LogP contribution in [-0.2, 0) is 6.61 Å². The quantitative estimate of drug-likeness (QED) is 0.817. The first-order chi connectivity index (χ1) is 12.3. The molecule has 0 unspecified atom stereocenters. The van der Waals surface area contributed by atoms with Crippen molar-refractivity contribution in [3.8, 4) is 5.75 Å². The number of benzene rings is 1. The molecule has 1 aliphatic heterocycles. The zero-order valence-electron chi connectivity index (χ0n) is 14.4. The van der Waals surface area contributed by atoms with Crippen LogP contribution in [0.1, 0.15) is 48.2 Å². The van der Waals surface area contributed by atoms with Gasteiger partial charge in [-0.2, -0.15) is 0 Å². The Morgan fingerprint density at radius 1 is 1.16 bits per heavy atom. The number of nitrogens with zero attached hydrogens (tertiary/aromatic N) is 2. The molecule has 1 aliphatic carbocycles. The van der Waals surface area contributed by atoms with Gasteiger partial charge in [0.2, 0.25) is 0 Å². The maximum Gasteiger partial charge on any atom is 0.253 e. The minimum Gasteiger partial charge on any atom is -0.487 e. The first kappa shape index (κ1) is 16.6. The van der Waals surface area contributed by atoms with Gasteiger partial charge in [0.25, 0.3) is 5.91 Å². The van der Waals surface area contributed by atoms with Crippen molar-refractivity contribution >= 4 is 17.2 Å². The van der Waals surface area contributed by atoms with E-state index in [0.717, 1.165) is 36.0 Å². The summed E-state index contributed by atoms with van der Waals surface area (Å²) in [6.45, 7) is 2.31. The number of aromatic nitrogens is 1. The number of fused-ring (bicyclic) bond motifs is 1. The van der Waals surface area contributed by atoms with Crippen LogP contribution < -0.4 is 4.74 Å². The Balaban J connectivity index is 1.35. The fraction of sp³-hybridized carbons (Fsp3) is 0.500. The topological polar surface area (TPSA) is 42.4 Å². The molecule has 25 heavy (non-hydrogen) atoms. The number of amides is 1. The number of ether oxygens (including phenoxy) is 1. The predicted molar refractivity (Wildman–Crippen MR) is 98.9 cm³/mol. The fourth-order valence-electron chi connectivity index (χ4n) is 4.13. The Labute approximate surface area is 152 Å². The van der Waals surface area contributed by atoms with Crippen LogP contribution in [0.4, 0.5) is 0 Å². The second-order valence-electron chi connectivity index (χ2n) is 7.14. The van der Waals surface area contributed by atoms with Gasteiger partial charge in [0.15, 0.2) is 0 Å². The van der Waals surface area contributed by atoms with E-state index in [1.165, 1.54) is 32.1 Å². The molecule has 2 aliphatic rings. The number of likely N-dealkylation sites (tertiary alicyclic amines) is 1. The van der Waals surface area contributed by atoms with E-state index in [1.807, 2.05) is 29.6 Å². The van der Waals surface area contributed by atoms with Crippen molar-refractivity contribution in [2.24, 2.45) is 11.8 Å². The van der Waals surface area contributed by atoms with E-state index in [1.54, 1.807) is 16.8 Å². The second-order valence-corrected chi connectivity index (χ2v) is 7.86. The lowest BCUT2D eigenvalue weighted by molar-refractivity contribution is 0.0521. The molecule has 2 fully saturated rings. The third-order valence-corrected chi connectivity index (χ3v) is 6.19. The number of rotatable bonds is 4. The first-order valence-corrected chi connectivity index (χ1v) is 10.1. The number of hydrogen-bond donors (Lipinski definition) is 0. The molecule has 0 N–H and O–H groups in total. The van der Waals surface area contributed by atoms with Crippen LogP contribution in [0.15, 0.2) is 35.2 Å². The summed E-state index contributed by atoms with van der Waals surface area (Å²) >= 11 is 1.56. The highest BCUT2D eigenvalue weighted by atomic mass is 32.1. The Hall–Kier alpha value is -1.88. The lowest BCUT2D eigenvalue weighted by atomic mass is 9.75. The lowest BCUT2D eigenvalue weighted by Crippen LogP contribution is -2.44. The zero-order chi connectivity index (χ0) is 17.1. The Morgan fingerprint density at radius 3 is 2.72 bits per heavy atom. The second kappa shape index (κ2) is 7.56. The molecule has 2 aromatic rings. The summed E-state index contributed by atoms with van der Waals surface area (Å²) < 4.78 is 5.72. The molecule has 2 atom stereocenters. The smallest absolute Gasteiger partial charge is 0.253 e. The molecule has 4 nitrogen and oxygen atoms in total. The normalized spacial score (nSPS) is 23.1. The predicted octanol–water partition coefficient (Wildman–Crippen LogP) is 4.37. The van der Waals surface area contributed by atoms with E-state index >= 15 is 0 Å². The molecule has 5 heteroatoms. The molecule has 0 radical (unpaired) electrons. The van der Waals surface area contributed by atoms with Gasteiger partial charge in [0, 0.05) is 24.0 Å². The average molecular weight is 356 g/mol. The van der Waals surface area contributed by atoms with E-state index in [2.05, 4.69) is 9.88 Å². The SMILES string of the molecule is O=C(c1ccc(OCc2cscn2)cc1)N1CC[C@@H]2CCCC[C@H]2C1. The third kappa shape index (κ3) is 3.87. The summed E-state index contributed by atoms with van der Waals surface area (Å²) in [5, 5.41) is 1.98. The van der Waals surface area contributed by atoms with Gasteiger partial charge in [-0.15, -0.1) is 11.3 Å². The van der Waals surface area contributed by atoms with Crippen molar-refractivity contribution in [2.75, 3.05) is 13.1 Å². The molecular weight excluding hydrogens is 332 g/mol. The van der Waals surface area contributed by atoms with Gasteiger partial charge in [-0.3, -0.25) is 4.79 Å². The van der Waals surface area contributed by atoms with Crippen molar-refractivity contribution in [1.29, 1.82) is 0 Å². The average Bonchev–Trinajstić information content (AvgIpc) is 3.19. The molecule has 132 valence electrons. The molecular formula is C20H24N2O2S. The van der Waals surface area contributed by atoms with Crippen LogP contribution in [0.3, 0.4) is 0 Å². The molecule has 1 saturated heterocycles. The monoisotopic (exact) mass is 356 g/mol. The highest BCUT2D eigenvalue weighted by molar-refractivity contribution is 7.07. The number of thiazole rings is 1. The van der Waals surface area contributed by atoms with Gasteiger partial charge < -0.3 is 9.64 Å². The summed E-state index contributed by atoms with van der Waals surface area (Å²) in [6.07, 6.45) is 6.52. The maximum absolute atomic E-state index is 12.8. The van der Waals surface area contributed by atoms with E-state index in [4.69, 9.17) is 4.74 Å². The minimum absolute atomic E-state index is 0.162. The van der Waals surface area contributed by atoms with Gasteiger partial charge in [-0.25, -0.2) is 4.98 Å². The van der Waals surface area contributed by atoms with Gasteiger partial charge in [-0.05, 0) is 48.9 Å². The minimum atomic E-state index is 0.162. The standard InChI is InChI=1S/C20H24N2O2S/c23-20(22-10-9-15-3-1-2-4-17(15)11-22)16-5-7-19(8-6-16)24-12-18-13-25-14-21-18/h5-8,13-15,17H,1-4,9-12H2/t15-,17-/m0/s1. The van der Waals surface area contributed by atoms with Crippen molar-refractivity contribution < 1.29 is 9.53 Å². The summed E-state index contributed by atoms with van der Waals surface area (Å²) in [5.41, 5.74) is 3.49. The zero-order valence-corrected chi connectivity index (χ0v) is 15.2. The van der Waals surface area contributed by atoms with E-state index in [-0.39, 0.29) is 5.91 Å². The van der Waals surface area contributed by atoms with Gasteiger partial charge in [-0.1, -0.05) is 19.3 Å². The van der Waals surface area contributed by atoms with Crippen molar-refractivity contribution in [2.45, 2.75) is 38.7 Å². The Bertz CT molecular complexity index is 699. The highest BCUT2D eigenvalue weighted by Gasteiger charge is 2.33. The molecule has 0 bridgehead atoms. The van der Waals surface area contributed by atoms with Gasteiger partial charge in [0.1, 0.15) is 12.4 Å². The van der Waals surface area contributed by atoms with Crippen LogP contribution in [0.2, 0.25) is 0 Å². The molecule has 1 amide bonds. The van der Waals surface area contributed by atoms with Crippen molar-refractivity contribution in [3.05, 3.63) is 46.4 Å². The number of hydrogen-bond acceptors (Lipinski definition) is 4. The molecule has 1 aromatic heterocycles. The third-order valence-electron chi connectivity index (χ3n) is 5.55. The summed E-state index contributed by atoms with van der Waals surface area (Å²) in [6, 6.07) is 7.53. The van der Waals surface area contributed by atoms with E-state index in [9.17, 15) is 4.79 Å². The van der Waals surface area contributed by atoms with Crippen LogP contribution >= 0.6 is 11.3 Å². The summed E-state index contributed by atoms with van der Waals surface area (Å²) in [4.78, 5) is 19.1. The molecule has 0 spiro atoms. The first-order valence-electron chi connectivity index (χ1n) is 9.19. The van der Waals surface area contributed by atoms with Gasteiger partial charge >= 0.3 is 0 Å². The molecule has 1 aromatic carbocycles. The van der Waals surface area contributed by atoms with E-state index < -0.39 is 0 Å². The molecule has 2 heterocycles. The number of piperidine rings is 1. The largest absolute Gasteiger partial charge is 0.487 e. The van der Waals surface area contributed by atoms with Crippen LogP contribution in [0.5, 0.6) is 5.75 Å². The van der Waals surface area contributed by atoms with Gasteiger partial charge in [0.05, 0.1) is 11.2 Å². The lowest BCUT2D eigenvalue weighted by Gasteiger charge is -2.41.